The minimum absolute atomic E-state index is 0.0878. The van der Waals surface area contributed by atoms with Crippen molar-refractivity contribution >= 4 is 5.91 Å². The van der Waals surface area contributed by atoms with Crippen molar-refractivity contribution < 1.29 is 4.79 Å². The first kappa shape index (κ1) is 14.5. The zero-order valence-electron chi connectivity index (χ0n) is 11.8. The Morgan fingerprint density at radius 3 is 2.35 bits per heavy atom. The van der Waals surface area contributed by atoms with Gasteiger partial charge in [-0.15, -0.1) is 0 Å². The summed E-state index contributed by atoms with van der Waals surface area (Å²) < 4.78 is 0. The van der Waals surface area contributed by atoms with Crippen LogP contribution in [0.25, 0.3) is 0 Å². The van der Waals surface area contributed by atoms with E-state index in [2.05, 4.69) is 19.2 Å². The van der Waals surface area contributed by atoms with Gasteiger partial charge in [0, 0.05) is 13.1 Å². The minimum Gasteiger partial charge on any atom is -0.355 e. The largest absolute Gasteiger partial charge is 0.355 e. The summed E-state index contributed by atoms with van der Waals surface area (Å²) in [5.74, 6) is 0.741. The third-order valence-electron chi connectivity index (χ3n) is 4.14. The lowest BCUT2D eigenvalue weighted by Crippen LogP contribution is -2.43. The highest BCUT2D eigenvalue weighted by atomic mass is 16.2. The van der Waals surface area contributed by atoms with Crippen molar-refractivity contribution in [2.24, 2.45) is 22.5 Å². The number of nitrogens with two attached hydrogens (primary N) is 1. The number of nitrogens with one attached hydrogen (secondary N) is 1. The quantitative estimate of drug-likeness (QED) is 0.792. The topological polar surface area (TPSA) is 55.1 Å². The Kier molecular flexibility index (Phi) is 4.59. The van der Waals surface area contributed by atoms with Crippen molar-refractivity contribution in [2.75, 3.05) is 13.1 Å². The molecular weight excluding hydrogens is 212 g/mol. The maximum absolute atomic E-state index is 11.9. The van der Waals surface area contributed by atoms with E-state index < -0.39 is 5.41 Å². The number of carbonyl (C=O) groups is 1. The third kappa shape index (κ3) is 4.30. The van der Waals surface area contributed by atoms with E-state index >= 15 is 0 Å². The first-order chi connectivity index (χ1) is 7.77. The van der Waals surface area contributed by atoms with Crippen molar-refractivity contribution in [3.05, 3.63) is 0 Å². The van der Waals surface area contributed by atoms with Crippen LogP contribution in [0.2, 0.25) is 0 Å². The zero-order valence-corrected chi connectivity index (χ0v) is 11.8. The van der Waals surface area contributed by atoms with Gasteiger partial charge in [-0.3, -0.25) is 4.79 Å². The monoisotopic (exact) mass is 240 g/mol. The molecule has 0 spiro atoms. The maximum atomic E-state index is 11.9. The molecule has 1 aliphatic rings. The lowest BCUT2D eigenvalue weighted by atomic mass is 9.73. The maximum Gasteiger partial charge on any atom is 0.226 e. The predicted octanol–water partition coefficient (Wildman–Crippen LogP) is 2.30. The van der Waals surface area contributed by atoms with Crippen molar-refractivity contribution in [1.82, 2.24) is 5.32 Å². The fraction of sp³-hybridized carbons (Fsp3) is 0.929. The molecule has 0 saturated heterocycles. The van der Waals surface area contributed by atoms with Crippen molar-refractivity contribution in [2.45, 2.75) is 53.4 Å². The summed E-state index contributed by atoms with van der Waals surface area (Å²) in [6.45, 7) is 9.67. The second kappa shape index (κ2) is 5.38. The fourth-order valence-corrected chi connectivity index (χ4v) is 2.23. The average molecular weight is 240 g/mol. The molecule has 100 valence electrons. The Bertz CT molecular complexity index is 261. The van der Waals surface area contributed by atoms with Gasteiger partial charge in [0.2, 0.25) is 5.91 Å². The fourth-order valence-electron chi connectivity index (χ4n) is 2.23. The second-order valence-electron chi connectivity index (χ2n) is 6.91. The molecule has 3 N–H and O–H groups in total. The lowest BCUT2D eigenvalue weighted by molar-refractivity contribution is -0.129. The van der Waals surface area contributed by atoms with Crippen LogP contribution in [0.4, 0.5) is 0 Å². The summed E-state index contributed by atoms with van der Waals surface area (Å²) in [7, 11) is 0. The Balaban J connectivity index is 2.31. The van der Waals surface area contributed by atoms with Gasteiger partial charge >= 0.3 is 0 Å². The smallest absolute Gasteiger partial charge is 0.226 e. The summed E-state index contributed by atoms with van der Waals surface area (Å²) in [6.07, 6.45) is 5.01. The van der Waals surface area contributed by atoms with Crippen LogP contribution in [-0.2, 0) is 4.79 Å². The molecule has 1 fully saturated rings. The van der Waals surface area contributed by atoms with E-state index in [1.54, 1.807) is 0 Å². The van der Waals surface area contributed by atoms with Gasteiger partial charge in [-0.25, -0.2) is 0 Å². The molecular formula is C14H28N2O. The van der Waals surface area contributed by atoms with Gasteiger partial charge in [0.05, 0.1) is 5.41 Å². The molecule has 0 aromatic heterocycles. The van der Waals surface area contributed by atoms with Crippen molar-refractivity contribution in [1.29, 1.82) is 0 Å². The number of amides is 1. The van der Waals surface area contributed by atoms with E-state index in [0.29, 0.717) is 17.9 Å². The van der Waals surface area contributed by atoms with Crippen LogP contribution in [0.3, 0.4) is 0 Å². The molecule has 0 aliphatic heterocycles. The van der Waals surface area contributed by atoms with E-state index in [-0.39, 0.29) is 5.91 Å². The van der Waals surface area contributed by atoms with Crippen molar-refractivity contribution in [3.8, 4) is 0 Å². The molecule has 1 rings (SSSR count). The number of carbonyl (C=O) groups excluding carboxylic acids is 1. The molecule has 1 amide bonds. The molecule has 0 bridgehead atoms. The summed E-state index contributed by atoms with van der Waals surface area (Å²) in [4.78, 5) is 11.9. The molecule has 3 heteroatoms. The third-order valence-corrected chi connectivity index (χ3v) is 4.14. The number of hydrogen-bond donors (Lipinski definition) is 2. The van der Waals surface area contributed by atoms with E-state index in [1.165, 1.54) is 25.7 Å². The van der Waals surface area contributed by atoms with Gasteiger partial charge in [-0.2, -0.15) is 0 Å². The van der Waals surface area contributed by atoms with Crippen LogP contribution in [0, 0.1) is 16.7 Å². The molecule has 1 aliphatic carbocycles. The van der Waals surface area contributed by atoms with Gasteiger partial charge < -0.3 is 11.1 Å². The van der Waals surface area contributed by atoms with Gasteiger partial charge in [0.15, 0.2) is 0 Å². The molecule has 3 nitrogen and oxygen atoms in total. The molecule has 17 heavy (non-hydrogen) atoms. The number of rotatable bonds is 4. The first-order valence-corrected chi connectivity index (χ1v) is 6.75. The van der Waals surface area contributed by atoms with Crippen LogP contribution in [0.5, 0.6) is 0 Å². The Morgan fingerprint density at radius 1 is 1.35 bits per heavy atom. The van der Waals surface area contributed by atoms with Crippen LogP contribution in [0.15, 0.2) is 0 Å². The van der Waals surface area contributed by atoms with Gasteiger partial charge in [-0.05, 0) is 50.9 Å². The Labute approximate surface area is 106 Å². The van der Waals surface area contributed by atoms with Crippen LogP contribution in [-0.4, -0.2) is 19.0 Å². The lowest BCUT2D eigenvalue weighted by Gasteiger charge is -2.34. The molecule has 1 saturated carbocycles. The molecule has 0 aromatic rings. The minimum atomic E-state index is -0.437. The standard InChI is InChI=1S/C14H28N2O/c1-13(2)7-5-11(6-8-13)9-16-12(17)14(3,4)10-15/h11H,5-10,15H2,1-4H3,(H,16,17). The average Bonchev–Trinajstić information content (AvgIpc) is 2.27. The molecule has 0 aromatic carbocycles. The molecule has 0 heterocycles. The Hall–Kier alpha value is -0.570. The highest BCUT2D eigenvalue weighted by Crippen LogP contribution is 2.37. The summed E-state index contributed by atoms with van der Waals surface area (Å²) in [5.41, 5.74) is 5.65. The van der Waals surface area contributed by atoms with E-state index in [4.69, 9.17) is 5.73 Å². The summed E-state index contributed by atoms with van der Waals surface area (Å²) >= 11 is 0. The second-order valence-corrected chi connectivity index (χ2v) is 6.91. The first-order valence-electron chi connectivity index (χ1n) is 6.75. The normalized spacial score (nSPS) is 21.2. The Morgan fingerprint density at radius 2 is 1.88 bits per heavy atom. The van der Waals surface area contributed by atoms with Crippen molar-refractivity contribution in [3.63, 3.8) is 0 Å². The van der Waals surface area contributed by atoms with Gasteiger partial charge in [-0.1, -0.05) is 13.8 Å². The van der Waals surface area contributed by atoms with Gasteiger partial charge in [0.25, 0.3) is 0 Å². The van der Waals surface area contributed by atoms with E-state index in [0.717, 1.165) is 6.54 Å². The molecule has 0 radical (unpaired) electrons. The van der Waals surface area contributed by atoms with Crippen LogP contribution >= 0.6 is 0 Å². The molecule has 0 unspecified atom stereocenters. The molecule has 0 atom stereocenters. The summed E-state index contributed by atoms with van der Waals surface area (Å²) in [5, 5.41) is 3.05. The zero-order chi connectivity index (χ0) is 13.1. The van der Waals surface area contributed by atoms with E-state index in [1.807, 2.05) is 13.8 Å². The summed E-state index contributed by atoms with van der Waals surface area (Å²) in [6, 6.07) is 0. The SMILES string of the molecule is CC1(C)CCC(CNC(=O)C(C)(C)CN)CC1. The predicted molar refractivity (Wildman–Crippen MR) is 71.6 cm³/mol. The highest BCUT2D eigenvalue weighted by molar-refractivity contribution is 5.82. The van der Waals surface area contributed by atoms with E-state index in [9.17, 15) is 4.79 Å². The van der Waals surface area contributed by atoms with Crippen LogP contribution < -0.4 is 11.1 Å². The van der Waals surface area contributed by atoms with Gasteiger partial charge in [0.1, 0.15) is 0 Å². The van der Waals surface area contributed by atoms with Crippen LogP contribution in [0.1, 0.15) is 53.4 Å². The highest BCUT2D eigenvalue weighted by Gasteiger charge is 2.29. The number of hydrogen-bond acceptors (Lipinski definition) is 2.